The fourth-order valence-electron chi connectivity index (χ4n) is 0.889. The van der Waals surface area contributed by atoms with E-state index in [1.807, 2.05) is 6.08 Å². The number of unbranched alkanes of at least 4 members (excludes halogenated alkanes) is 4. The lowest BCUT2D eigenvalue weighted by molar-refractivity contribution is 0.192. The average Bonchev–Trinajstić information content (AvgIpc) is 1.97. The summed E-state index contributed by atoms with van der Waals surface area (Å²) >= 11 is 0. The van der Waals surface area contributed by atoms with E-state index in [2.05, 4.69) is 6.58 Å². The van der Waals surface area contributed by atoms with E-state index in [1.54, 1.807) is 7.11 Å². The molecule has 0 aliphatic heterocycles. The molecule has 0 aromatic carbocycles. The molecule has 0 unspecified atom stereocenters. The van der Waals surface area contributed by atoms with Gasteiger partial charge in [0.05, 0.1) is 0 Å². The average molecular weight is 142 g/mol. The topological polar surface area (TPSA) is 9.23 Å². The molecule has 0 saturated heterocycles. The van der Waals surface area contributed by atoms with Crippen molar-refractivity contribution in [3.05, 3.63) is 12.7 Å². The van der Waals surface area contributed by atoms with Gasteiger partial charge in [0.1, 0.15) is 0 Å². The normalized spacial score (nSPS) is 9.70. The van der Waals surface area contributed by atoms with Crippen molar-refractivity contribution in [3.63, 3.8) is 0 Å². The molecule has 0 saturated carbocycles. The van der Waals surface area contributed by atoms with Gasteiger partial charge >= 0.3 is 0 Å². The largest absolute Gasteiger partial charge is 0.385 e. The maximum Gasteiger partial charge on any atom is 0.0462 e. The molecule has 0 aromatic heterocycles. The molecule has 0 spiro atoms. The summed E-state index contributed by atoms with van der Waals surface area (Å²) < 4.78 is 4.93. The fourth-order valence-corrected chi connectivity index (χ4v) is 0.889. The first kappa shape index (κ1) is 9.70. The van der Waals surface area contributed by atoms with Gasteiger partial charge in [-0.2, -0.15) is 0 Å². The third-order valence-corrected chi connectivity index (χ3v) is 1.51. The standard InChI is InChI=1S/C9H18O/c1-3-4-5-6-7-8-9-10-2/h3H,1,4-9H2,2H3. The van der Waals surface area contributed by atoms with Crippen molar-refractivity contribution in [2.45, 2.75) is 32.1 Å². The van der Waals surface area contributed by atoms with E-state index in [1.165, 1.54) is 25.7 Å². The molecule has 0 fully saturated rings. The number of hydrogen-bond donors (Lipinski definition) is 0. The minimum Gasteiger partial charge on any atom is -0.385 e. The SMILES string of the molecule is C=CCCCCCCOC. The molecule has 1 heteroatoms. The monoisotopic (exact) mass is 142 g/mol. The van der Waals surface area contributed by atoms with E-state index in [9.17, 15) is 0 Å². The van der Waals surface area contributed by atoms with Crippen LogP contribution in [0.25, 0.3) is 0 Å². The quantitative estimate of drug-likeness (QED) is 0.392. The zero-order valence-corrected chi connectivity index (χ0v) is 6.94. The molecular formula is C9H18O. The minimum absolute atomic E-state index is 0.911. The molecule has 0 radical (unpaired) electrons. The van der Waals surface area contributed by atoms with E-state index >= 15 is 0 Å². The van der Waals surface area contributed by atoms with Crippen LogP contribution in [-0.2, 0) is 4.74 Å². The van der Waals surface area contributed by atoms with Crippen molar-refractivity contribution in [1.82, 2.24) is 0 Å². The second kappa shape index (κ2) is 8.70. The van der Waals surface area contributed by atoms with E-state index < -0.39 is 0 Å². The summed E-state index contributed by atoms with van der Waals surface area (Å²) in [7, 11) is 1.75. The third-order valence-electron chi connectivity index (χ3n) is 1.51. The molecule has 0 bridgehead atoms. The Kier molecular flexibility index (Phi) is 8.44. The highest BCUT2D eigenvalue weighted by molar-refractivity contribution is 4.65. The molecule has 0 atom stereocenters. The van der Waals surface area contributed by atoms with Gasteiger partial charge in [-0.05, 0) is 19.3 Å². The van der Waals surface area contributed by atoms with Gasteiger partial charge in [-0.25, -0.2) is 0 Å². The molecule has 0 rings (SSSR count). The lowest BCUT2D eigenvalue weighted by Crippen LogP contribution is -1.87. The summed E-state index contributed by atoms with van der Waals surface area (Å²) in [6.45, 7) is 4.58. The van der Waals surface area contributed by atoms with E-state index in [0.717, 1.165) is 13.0 Å². The molecule has 1 nitrogen and oxygen atoms in total. The molecule has 60 valence electrons. The molecule has 0 N–H and O–H groups in total. The van der Waals surface area contributed by atoms with Gasteiger partial charge in [-0.3, -0.25) is 0 Å². The first-order valence-corrected chi connectivity index (χ1v) is 4.01. The van der Waals surface area contributed by atoms with Crippen LogP contribution in [0.4, 0.5) is 0 Å². The molecule has 10 heavy (non-hydrogen) atoms. The van der Waals surface area contributed by atoms with Gasteiger partial charge in [0.25, 0.3) is 0 Å². The number of ether oxygens (including phenoxy) is 1. The second-order valence-electron chi connectivity index (χ2n) is 2.48. The molecule has 0 amide bonds. The zero-order valence-electron chi connectivity index (χ0n) is 6.94. The Morgan fingerprint density at radius 3 is 2.50 bits per heavy atom. The summed E-state index contributed by atoms with van der Waals surface area (Å²) in [6.07, 6.45) is 8.24. The van der Waals surface area contributed by atoms with E-state index in [-0.39, 0.29) is 0 Å². The first-order chi connectivity index (χ1) is 4.91. The van der Waals surface area contributed by atoms with Crippen LogP contribution < -0.4 is 0 Å². The van der Waals surface area contributed by atoms with Gasteiger partial charge in [0.2, 0.25) is 0 Å². The summed E-state index contributed by atoms with van der Waals surface area (Å²) in [4.78, 5) is 0. The van der Waals surface area contributed by atoms with Crippen LogP contribution in [-0.4, -0.2) is 13.7 Å². The Morgan fingerprint density at radius 1 is 1.20 bits per heavy atom. The Hall–Kier alpha value is -0.300. The van der Waals surface area contributed by atoms with Crippen molar-refractivity contribution in [1.29, 1.82) is 0 Å². The van der Waals surface area contributed by atoms with Crippen molar-refractivity contribution < 1.29 is 4.74 Å². The maximum absolute atomic E-state index is 4.93. The van der Waals surface area contributed by atoms with Gasteiger partial charge < -0.3 is 4.74 Å². The Morgan fingerprint density at radius 2 is 1.90 bits per heavy atom. The smallest absolute Gasteiger partial charge is 0.0462 e. The third kappa shape index (κ3) is 7.70. The van der Waals surface area contributed by atoms with Crippen molar-refractivity contribution in [2.24, 2.45) is 0 Å². The lowest BCUT2D eigenvalue weighted by Gasteiger charge is -1.97. The Balaban J connectivity index is 2.70. The van der Waals surface area contributed by atoms with Gasteiger partial charge in [0, 0.05) is 13.7 Å². The number of rotatable bonds is 7. The highest BCUT2D eigenvalue weighted by Crippen LogP contribution is 2.02. The Bertz CT molecular complexity index is 69.1. The molecule has 0 aromatic rings. The van der Waals surface area contributed by atoms with E-state index in [4.69, 9.17) is 4.74 Å². The number of allylic oxidation sites excluding steroid dienone is 1. The van der Waals surface area contributed by atoms with Gasteiger partial charge in [0.15, 0.2) is 0 Å². The van der Waals surface area contributed by atoms with Crippen molar-refractivity contribution in [2.75, 3.05) is 13.7 Å². The lowest BCUT2D eigenvalue weighted by atomic mass is 10.1. The summed E-state index contributed by atoms with van der Waals surface area (Å²) in [5.74, 6) is 0. The van der Waals surface area contributed by atoms with Crippen LogP contribution in [0.1, 0.15) is 32.1 Å². The van der Waals surface area contributed by atoms with Crippen LogP contribution in [0, 0.1) is 0 Å². The summed E-state index contributed by atoms with van der Waals surface area (Å²) in [5.41, 5.74) is 0. The van der Waals surface area contributed by atoms with Crippen LogP contribution in [0.3, 0.4) is 0 Å². The van der Waals surface area contributed by atoms with Crippen LogP contribution >= 0.6 is 0 Å². The highest BCUT2D eigenvalue weighted by atomic mass is 16.5. The predicted molar refractivity (Wildman–Crippen MR) is 45.2 cm³/mol. The van der Waals surface area contributed by atoms with Crippen LogP contribution in [0.5, 0.6) is 0 Å². The van der Waals surface area contributed by atoms with Crippen LogP contribution in [0.2, 0.25) is 0 Å². The second-order valence-corrected chi connectivity index (χ2v) is 2.48. The minimum atomic E-state index is 0.911. The molecule has 0 heterocycles. The van der Waals surface area contributed by atoms with Gasteiger partial charge in [-0.1, -0.05) is 18.9 Å². The van der Waals surface area contributed by atoms with Gasteiger partial charge in [-0.15, -0.1) is 6.58 Å². The zero-order chi connectivity index (χ0) is 7.66. The molecule has 0 aliphatic rings. The highest BCUT2D eigenvalue weighted by Gasteiger charge is 1.86. The Labute approximate surface area is 64.1 Å². The number of methoxy groups -OCH3 is 1. The maximum atomic E-state index is 4.93. The van der Waals surface area contributed by atoms with Crippen LogP contribution in [0.15, 0.2) is 12.7 Å². The first-order valence-electron chi connectivity index (χ1n) is 4.01. The molecule has 0 aliphatic carbocycles. The van der Waals surface area contributed by atoms with Crippen molar-refractivity contribution >= 4 is 0 Å². The summed E-state index contributed by atoms with van der Waals surface area (Å²) in [6, 6.07) is 0. The van der Waals surface area contributed by atoms with Crippen molar-refractivity contribution in [3.8, 4) is 0 Å². The summed E-state index contributed by atoms with van der Waals surface area (Å²) in [5, 5.41) is 0. The van der Waals surface area contributed by atoms with E-state index in [0.29, 0.717) is 0 Å². The predicted octanol–water partition coefficient (Wildman–Crippen LogP) is 2.77. The molecular weight excluding hydrogens is 124 g/mol. The fraction of sp³-hybridized carbons (Fsp3) is 0.778. The number of hydrogen-bond acceptors (Lipinski definition) is 1.